The molecule has 3 aliphatic heterocycles. The van der Waals surface area contributed by atoms with Crippen molar-refractivity contribution in [3.05, 3.63) is 41.5 Å². The van der Waals surface area contributed by atoms with Gasteiger partial charge in [0.05, 0.1) is 0 Å². The number of amides is 1. The molecule has 1 aromatic carbocycles. The van der Waals surface area contributed by atoms with Crippen LogP contribution in [0.15, 0.2) is 30.3 Å². The summed E-state index contributed by atoms with van der Waals surface area (Å²) >= 11 is 0. The third-order valence-corrected chi connectivity index (χ3v) is 4.53. The molecule has 3 saturated heterocycles. The van der Waals surface area contributed by atoms with E-state index in [4.69, 9.17) is 0 Å². The number of rotatable bonds is 2. The van der Waals surface area contributed by atoms with E-state index < -0.39 is 0 Å². The first-order chi connectivity index (χ1) is 9.74. The fourth-order valence-electron chi connectivity index (χ4n) is 3.21. The predicted octanol–water partition coefficient (Wildman–Crippen LogP) is 2.31. The largest absolute Gasteiger partial charge is 0.335 e. The van der Waals surface area contributed by atoms with E-state index in [1.165, 1.54) is 5.56 Å². The Morgan fingerprint density at radius 3 is 2.65 bits per heavy atom. The van der Waals surface area contributed by atoms with Gasteiger partial charge in [-0.15, -0.1) is 0 Å². The SMILES string of the molecule is Cc1ccccc1/C=C/C(=O)N1CCN2CCC1CC2. The predicted molar refractivity (Wildman–Crippen MR) is 81.4 cm³/mol. The molecular formula is C17H22N2O. The third kappa shape index (κ3) is 2.78. The average Bonchev–Trinajstić information content (AvgIpc) is 2.80. The zero-order chi connectivity index (χ0) is 13.9. The second-order valence-electron chi connectivity index (χ2n) is 5.79. The zero-order valence-corrected chi connectivity index (χ0v) is 12.1. The van der Waals surface area contributed by atoms with Gasteiger partial charge in [-0.2, -0.15) is 0 Å². The molecule has 1 amide bonds. The van der Waals surface area contributed by atoms with E-state index in [9.17, 15) is 4.79 Å². The first-order valence-corrected chi connectivity index (χ1v) is 7.51. The molecule has 20 heavy (non-hydrogen) atoms. The lowest BCUT2D eigenvalue weighted by Gasteiger charge is -2.30. The minimum Gasteiger partial charge on any atom is -0.335 e. The molecule has 3 nitrogen and oxygen atoms in total. The van der Waals surface area contributed by atoms with Crippen LogP contribution in [0, 0.1) is 6.92 Å². The van der Waals surface area contributed by atoms with Crippen LogP contribution in [0.25, 0.3) is 6.08 Å². The Kier molecular flexibility index (Phi) is 3.88. The molecule has 4 rings (SSSR count). The molecule has 0 atom stereocenters. The molecule has 3 aliphatic rings. The summed E-state index contributed by atoms with van der Waals surface area (Å²) in [4.78, 5) is 17.0. The summed E-state index contributed by atoms with van der Waals surface area (Å²) in [5.41, 5.74) is 2.34. The van der Waals surface area contributed by atoms with E-state index in [2.05, 4.69) is 28.9 Å². The van der Waals surface area contributed by atoms with Crippen LogP contribution < -0.4 is 0 Å². The van der Waals surface area contributed by atoms with Gasteiger partial charge in [-0.1, -0.05) is 24.3 Å². The summed E-state index contributed by atoms with van der Waals surface area (Å²) in [7, 11) is 0. The maximum absolute atomic E-state index is 12.4. The van der Waals surface area contributed by atoms with Crippen LogP contribution in [0.3, 0.4) is 0 Å². The quantitative estimate of drug-likeness (QED) is 0.770. The Labute approximate surface area is 120 Å². The van der Waals surface area contributed by atoms with Crippen molar-refractivity contribution in [3.8, 4) is 0 Å². The molecular weight excluding hydrogens is 248 g/mol. The third-order valence-electron chi connectivity index (χ3n) is 4.53. The molecule has 0 radical (unpaired) electrons. The molecule has 2 bridgehead atoms. The van der Waals surface area contributed by atoms with E-state index in [-0.39, 0.29) is 5.91 Å². The highest BCUT2D eigenvalue weighted by Gasteiger charge is 2.30. The van der Waals surface area contributed by atoms with Crippen molar-refractivity contribution < 1.29 is 4.79 Å². The first-order valence-electron chi connectivity index (χ1n) is 7.51. The van der Waals surface area contributed by atoms with Crippen molar-refractivity contribution in [3.63, 3.8) is 0 Å². The van der Waals surface area contributed by atoms with Crippen LogP contribution >= 0.6 is 0 Å². The average molecular weight is 270 g/mol. The van der Waals surface area contributed by atoms with Crippen LogP contribution in [0.2, 0.25) is 0 Å². The lowest BCUT2D eigenvalue weighted by Crippen LogP contribution is -2.40. The first kappa shape index (κ1) is 13.4. The molecule has 0 aliphatic carbocycles. The second-order valence-corrected chi connectivity index (χ2v) is 5.79. The Bertz CT molecular complexity index is 515. The van der Waals surface area contributed by atoms with Gasteiger partial charge >= 0.3 is 0 Å². The van der Waals surface area contributed by atoms with Gasteiger partial charge in [-0.3, -0.25) is 4.79 Å². The van der Waals surface area contributed by atoms with Gasteiger partial charge < -0.3 is 9.80 Å². The van der Waals surface area contributed by atoms with Gasteiger partial charge in [0.25, 0.3) is 0 Å². The number of carbonyl (C=O) groups is 1. The molecule has 106 valence electrons. The monoisotopic (exact) mass is 270 g/mol. The molecule has 0 spiro atoms. The van der Waals surface area contributed by atoms with E-state index >= 15 is 0 Å². The van der Waals surface area contributed by atoms with Crippen molar-refractivity contribution in [2.45, 2.75) is 25.8 Å². The van der Waals surface area contributed by atoms with Crippen molar-refractivity contribution in [1.29, 1.82) is 0 Å². The maximum Gasteiger partial charge on any atom is 0.246 e. The molecule has 0 saturated carbocycles. The standard InChI is InChI=1S/C17H22N2O/c1-14-4-2-3-5-15(14)6-7-17(20)19-13-12-18-10-8-16(19)9-11-18/h2-7,16H,8-13H2,1H3/b7-6+. The van der Waals surface area contributed by atoms with Gasteiger partial charge in [-0.25, -0.2) is 0 Å². The highest BCUT2D eigenvalue weighted by Crippen LogP contribution is 2.21. The summed E-state index contributed by atoms with van der Waals surface area (Å²) < 4.78 is 0. The van der Waals surface area contributed by atoms with E-state index in [1.807, 2.05) is 18.2 Å². The molecule has 3 heteroatoms. The van der Waals surface area contributed by atoms with Gasteiger partial charge in [0, 0.05) is 38.3 Å². The molecule has 0 aromatic heterocycles. The van der Waals surface area contributed by atoms with E-state index in [0.29, 0.717) is 6.04 Å². The Balaban J connectivity index is 1.71. The lowest BCUT2D eigenvalue weighted by molar-refractivity contribution is -0.127. The number of piperidine rings is 1. The summed E-state index contributed by atoms with van der Waals surface area (Å²) in [6.45, 7) is 6.28. The number of hydrogen-bond acceptors (Lipinski definition) is 2. The van der Waals surface area contributed by atoms with Crippen molar-refractivity contribution >= 4 is 12.0 Å². The molecule has 1 aromatic rings. The minimum absolute atomic E-state index is 0.169. The zero-order valence-electron chi connectivity index (χ0n) is 12.1. The van der Waals surface area contributed by atoms with Crippen LogP contribution in [0.4, 0.5) is 0 Å². The minimum atomic E-state index is 0.169. The van der Waals surface area contributed by atoms with Gasteiger partial charge in [0.2, 0.25) is 5.91 Å². The fraction of sp³-hybridized carbons (Fsp3) is 0.471. The summed E-state index contributed by atoms with van der Waals surface area (Å²) in [6.07, 6.45) is 5.96. The number of carbonyl (C=O) groups excluding carboxylic acids is 1. The van der Waals surface area contributed by atoms with E-state index in [1.54, 1.807) is 6.08 Å². The van der Waals surface area contributed by atoms with Crippen LogP contribution in [0.1, 0.15) is 24.0 Å². The van der Waals surface area contributed by atoms with Gasteiger partial charge in [0.15, 0.2) is 0 Å². The number of hydrogen-bond donors (Lipinski definition) is 0. The van der Waals surface area contributed by atoms with Crippen LogP contribution in [-0.2, 0) is 4.79 Å². The lowest BCUT2D eigenvalue weighted by atomic mass is 10.0. The normalized spacial score (nSPS) is 25.9. The molecule has 3 heterocycles. The van der Waals surface area contributed by atoms with Gasteiger partial charge in [0.1, 0.15) is 0 Å². The summed E-state index contributed by atoms with van der Waals surface area (Å²) in [5.74, 6) is 0.169. The highest BCUT2D eigenvalue weighted by molar-refractivity contribution is 5.92. The van der Waals surface area contributed by atoms with Crippen molar-refractivity contribution in [2.24, 2.45) is 0 Å². The smallest absolute Gasteiger partial charge is 0.246 e. The van der Waals surface area contributed by atoms with Crippen molar-refractivity contribution in [2.75, 3.05) is 26.2 Å². The molecule has 3 fully saturated rings. The van der Waals surface area contributed by atoms with Gasteiger partial charge in [-0.05, 0) is 37.0 Å². The Morgan fingerprint density at radius 2 is 1.90 bits per heavy atom. The fourth-order valence-corrected chi connectivity index (χ4v) is 3.21. The van der Waals surface area contributed by atoms with E-state index in [0.717, 1.165) is 44.6 Å². The van der Waals surface area contributed by atoms with Crippen molar-refractivity contribution in [1.82, 2.24) is 9.80 Å². The summed E-state index contributed by atoms with van der Waals surface area (Å²) in [6, 6.07) is 8.61. The molecule has 0 unspecified atom stereocenters. The Hall–Kier alpha value is -1.61. The highest BCUT2D eigenvalue weighted by atomic mass is 16.2. The number of fused-ring (bicyclic) bond motifs is 4. The topological polar surface area (TPSA) is 23.6 Å². The number of benzene rings is 1. The summed E-state index contributed by atoms with van der Waals surface area (Å²) in [5, 5.41) is 0. The second kappa shape index (κ2) is 5.80. The maximum atomic E-state index is 12.4. The Morgan fingerprint density at radius 1 is 1.15 bits per heavy atom. The van der Waals surface area contributed by atoms with Crippen LogP contribution in [0.5, 0.6) is 0 Å². The number of aryl methyl sites for hydroxylation is 1. The number of nitrogens with zero attached hydrogens (tertiary/aromatic N) is 2. The van der Waals surface area contributed by atoms with Crippen LogP contribution in [-0.4, -0.2) is 47.9 Å². The molecule has 0 N–H and O–H groups in total.